The summed E-state index contributed by atoms with van der Waals surface area (Å²) in [4.78, 5) is 15.8. The number of benzene rings is 1. The second kappa shape index (κ2) is 10.2. The van der Waals surface area contributed by atoms with Crippen LogP contribution in [0.5, 0.6) is 0 Å². The fourth-order valence-corrected chi connectivity index (χ4v) is 6.11. The Balaban J connectivity index is 1.45. The Morgan fingerprint density at radius 3 is 2.58 bits per heavy atom. The summed E-state index contributed by atoms with van der Waals surface area (Å²) < 4.78 is 53.0. The normalized spacial score (nSPS) is 20.5. The van der Waals surface area contributed by atoms with E-state index in [-0.39, 0.29) is 23.6 Å². The number of halogens is 3. The molecule has 6 rings (SSSR count). The van der Waals surface area contributed by atoms with E-state index in [1.807, 2.05) is 43.7 Å². The highest BCUT2D eigenvalue weighted by Gasteiger charge is 2.36. The number of hydrogen-bond donors (Lipinski definition) is 0. The molecule has 4 aromatic rings. The van der Waals surface area contributed by atoms with Crippen molar-refractivity contribution in [2.24, 2.45) is 13.0 Å². The molecular formula is C29H33F3N6O2. The molecule has 40 heavy (non-hydrogen) atoms. The number of rotatable bonds is 6. The Labute approximate surface area is 230 Å². The quantitative estimate of drug-likeness (QED) is 0.337. The van der Waals surface area contributed by atoms with E-state index in [2.05, 4.69) is 15.1 Å². The van der Waals surface area contributed by atoms with Gasteiger partial charge in [0.15, 0.2) is 0 Å². The lowest BCUT2D eigenvalue weighted by Crippen LogP contribution is -2.42. The Morgan fingerprint density at radius 1 is 1.12 bits per heavy atom. The van der Waals surface area contributed by atoms with Crippen LogP contribution in [-0.2, 0) is 18.0 Å². The summed E-state index contributed by atoms with van der Waals surface area (Å²) in [5.41, 5.74) is 0.389. The second-order valence-electron chi connectivity index (χ2n) is 11.1. The number of nitrogens with zero attached hydrogens (tertiary/aromatic N) is 6. The number of aromatic nitrogens is 5. The van der Waals surface area contributed by atoms with Crippen molar-refractivity contribution >= 4 is 5.52 Å². The number of fused-ring (bicyclic) bond motifs is 1. The smallest absolute Gasteiger partial charge is 0.376 e. The molecule has 2 aliphatic rings. The van der Waals surface area contributed by atoms with Gasteiger partial charge in [0.25, 0.3) is 0 Å². The van der Waals surface area contributed by atoms with E-state index >= 15 is 0 Å². The number of pyridine rings is 1. The van der Waals surface area contributed by atoms with Crippen LogP contribution < -0.4 is 5.69 Å². The lowest BCUT2D eigenvalue weighted by Gasteiger charge is -2.36. The van der Waals surface area contributed by atoms with Crippen LogP contribution in [0.15, 0.2) is 53.8 Å². The first-order valence-electron chi connectivity index (χ1n) is 13.8. The molecule has 0 radical (unpaired) electrons. The Kier molecular flexibility index (Phi) is 6.82. The standard InChI is InChI=1S/C29H33F3N6O2/c1-18-14-36(10-11-40-18)19(2)22-13-24(29(30,31)32)25-16-37(28(39)38(25)15-22)23-9-5-8-21(12-23)26(20-6-4-7-20)27-34-33-17-35(27)3/h5,8-9,12-13,15-20,26H,4,6-7,10-11,14H2,1-3H3/t18-,19-,26+/m1/s1. The van der Waals surface area contributed by atoms with E-state index in [4.69, 9.17) is 4.74 Å². The van der Waals surface area contributed by atoms with Gasteiger partial charge in [-0.05, 0) is 61.9 Å². The average Bonchev–Trinajstić information content (AvgIpc) is 3.47. The van der Waals surface area contributed by atoms with Gasteiger partial charge in [-0.15, -0.1) is 10.2 Å². The molecule has 0 amide bonds. The minimum absolute atomic E-state index is 0.0107. The van der Waals surface area contributed by atoms with Crippen LogP contribution in [0.4, 0.5) is 13.2 Å². The van der Waals surface area contributed by atoms with Gasteiger partial charge in [-0.1, -0.05) is 18.6 Å². The van der Waals surface area contributed by atoms with E-state index in [9.17, 15) is 18.0 Å². The molecule has 1 aromatic carbocycles. The molecule has 3 aromatic heterocycles. The number of alkyl halides is 3. The highest BCUT2D eigenvalue weighted by Crippen LogP contribution is 2.43. The lowest BCUT2D eigenvalue weighted by molar-refractivity contribution is -0.136. The van der Waals surface area contributed by atoms with E-state index in [0.717, 1.165) is 35.1 Å². The molecule has 0 unspecified atom stereocenters. The summed E-state index contributed by atoms with van der Waals surface area (Å²) in [6, 6.07) is 8.35. The summed E-state index contributed by atoms with van der Waals surface area (Å²) in [6.45, 7) is 5.56. The monoisotopic (exact) mass is 554 g/mol. The third-order valence-electron chi connectivity index (χ3n) is 8.55. The zero-order valence-electron chi connectivity index (χ0n) is 22.8. The molecule has 3 atom stereocenters. The maximum absolute atomic E-state index is 14.3. The Bertz CT molecular complexity index is 1580. The summed E-state index contributed by atoms with van der Waals surface area (Å²) in [7, 11) is 1.91. The van der Waals surface area contributed by atoms with Crippen LogP contribution in [0, 0.1) is 5.92 Å². The molecule has 4 heterocycles. The van der Waals surface area contributed by atoms with Gasteiger partial charge in [0.05, 0.1) is 29.5 Å². The predicted molar refractivity (Wildman–Crippen MR) is 144 cm³/mol. The molecule has 1 aliphatic carbocycles. The van der Waals surface area contributed by atoms with Crippen molar-refractivity contribution in [3.63, 3.8) is 0 Å². The van der Waals surface area contributed by atoms with Gasteiger partial charge in [0.1, 0.15) is 12.2 Å². The SMILES string of the molecule is C[C@@H]1CN([C@H](C)c2cc(C(F)(F)F)c3cn(-c4cccc([C@@H](c5nncn5C)C5CCC5)c4)c(=O)n3c2)CCO1. The van der Waals surface area contributed by atoms with Gasteiger partial charge in [-0.25, -0.2) is 4.79 Å². The molecule has 0 spiro atoms. The molecule has 0 N–H and O–H groups in total. The second-order valence-corrected chi connectivity index (χ2v) is 11.1. The first-order chi connectivity index (χ1) is 19.1. The summed E-state index contributed by atoms with van der Waals surface area (Å²) in [5.74, 6) is 1.22. The largest absolute Gasteiger partial charge is 0.418 e. The van der Waals surface area contributed by atoms with Gasteiger partial charge >= 0.3 is 11.9 Å². The van der Waals surface area contributed by atoms with Crippen molar-refractivity contribution in [1.82, 2.24) is 28.6 Å². The highest BCUT2D eigenvalue weighted by molar-refractivity contribution is 5.58. The topological polar surface area (TPSA) is 69.6 Å². The number of hydrogen-bond acceptors (Lipinski definition) is 5. The zero-order valence-corrected chi connectivity index (χ0v) is 22.8. The van der Waals surface area contributed by atoms with Gasteiger partial charge in [0.2, 0.25) is 0 Å². The van der Waals surface area contributed by atoms with Gasteiger partial charge in [-0.3, -0.25) is 13.9 Å². The highest BCUT2D eigenvalue weighted by atomic mass is 19.4. The van der Waals surface area contributed by atoms with Crippen LogP contribution in [0.3, 0.4) is 0 Å². The first kappa shape index (κ1) is 26.8. The van der Waals surface area contributed by atoms with Crippen LogP contribution in [0.25, 0.3) is 11.2 Å². The minimum Gasteiger partial charge on any atom is -0.376 e. The third-order valence-corrected chi connectivity index (χ3v) is 8.55. The maximum Gasteiger partial charge on any atom is 0.418 e. The minimum atomic E-state index is -4.62. The van der Waals surface area contributed by atoms with Crippen molar-refractivity contribution in [1.29, 1.82) is 0 Å². The molecule has 1 saturated heterocycles. The lowest BCUT2D eigenvalue weighted by atomic mass is 9.72. The van der Waals surface area contributed by atoms with Gasteiger partial charge in [-0.2, -0.15) is 13.2 Å². The van der Waals surface area contributed by atoms with Crippen molar-refractivity contribution < 1.29 is 17.9 Å². The molecule has 1 saturated carbocycles. The van der Waals surface area contributed by atoms with Crippen LogP contribution in [0.2, 0.25) is 0 Å². The average molecular weight is 555 g/mol. The van der Waals surface area contributed by atoms with Crippen molar-refractivity contribution in [2.45, 2.75) is 57.3 Å². The molecule has 11 heteroatoms. The van der Waals surface area contributed by atoms with E-state index in [1.165, 1.54) is 16.8 Å². The number of imidazole rings is 1. The van der Waals surface area contributed by atoms with Crippen molar-refractivity contribution in [3.05, 3.63) is 82.1 Å². The molecule has 212 valence electrons. The maximum atomic E-state index is 14.3. The first-order valence-corrected chi connectivity index (χ1v) is 13.8. The zero-order chi connectivity index (χ0) is 28.2. The van der Waals surface area contributed by atoms with Crippen molar-refractivity contribution in [2.75, 3.05) is 19.7 Å². The summed E-state index contributed by atoms with van der Waals surface area (Å²) >= 11 is 0. The fraction of sp³-hybridized carbons (Fsp3) is 0.483. The van der Waals surface area contributed by atoms with Crippen LogP contribution in [0.1, 0.15) is 67.6 Å². The summed E-state index contributed by atoms with van der Waals surface area (Å²) in [5, 5.41) is 8.42. The van der Waals surface area contributed by atoms with Crippen LogP contribution >= 0.6 is 0 Å². The third kappa shape index (κ3) is 4.75. The number of aryl methyl sites for hydroxylation is 1. The molecular weight excluding hydrogens is 521 g/mol. The molecule has 2 fully saturated rings. The van der Waals surface area contributed by atoms with Crippen LogP contribution in [-0.4, -0.2) is 54.4 Å². The van der Waals surface area contributed by atoms with E-state index in [0.29, 0.717) is 36.9 Å². The molecule has 8 nitrogen and oxygen atoms in total. The summed E-state index contributed by atoms with van der Waals surface area (Å²) in [6.07, 6.45) is 3.16. The van der Waals surface area contributed by atoms with Crippen molar-refractivity contribution in [3.8, 4) is 5.69 Å². The molecule has 1 aliphatic heterocycles. The van der Waals surface area contributed by atoms with Gasteiger partial charge in [0, 0.05) is 44.5 Å². The van der Waals surface area contributed by atoms with E-state index in [1.54, 1.807) is 18.6 Å². The number of ether oxygens (including phenoxy) is 1. The Morgan fingerprint density at radius 2 is 1.93 bits per heavy atom. The fourth-order valence-electron chi connectivity index (χ4n) is 6.11. The molecule has 0 bridgehead atoms. The predicted octanol–water partition coefficient (Wildman–Crippen LogP) is 4.95. The van der Waals surface area contributed by atoms with E-state index < -0.39 is 17.4 Å². The van der Waals surface area contributed by atoms with Gasteiger partial charge < -0.3 is 9.30 Å². The Hall–Kier alpha value is -3.44. The number of morpholine rings is 1.